The standard InChI is InChI=1S/C9H20.C9H18.C9H16.C7H17N.C7H16O.C7H16S.C7H16/c3*1-8(2)6-5-7-9(3)4;3*1-6(2)5-8-7(3)4;1-6(2)5-7(3)4/h8-9H,5-7H2,1-4H3;5-6,8-9H,7H2,1-4H3;8-9H,6H2,1-4H3;6-8H,5H2,1-4H3;2*6-7H,5H2,1-4H3;6-7H,5H2,1-4H3/b;6-5+;;;;;. The van der Waals surface area contributed by atoms with E-state index in [0.717, 1.165) is 72.2 Å². The molecule has 0 saturated heterocycles. The zero-order chi connectivity index (χ0) is 47.4. The summed E-state index contributed by atoms with van der Waals surface area (Å²) in [7, 11) is 0. The highest BCUT2D eigenvalue weighted by molar-refractivity contribution is 7.99. The quantitative estimate of drug-likeness (QED) is 0.103. The van der Waals surface area contributed by atoms with Gasteiger partial charge in [-0.25, -0.2) is 0 Å². The Hall–Kier alpha value is -0.430. The summed E-state index contributed by atoms with van der Waals surface area (Å²) in [5, 5.41) is 4.15. The Morgan fingerprint density at radius 3 is 1.17 bits per heavy atom. The second-order valence-electron chi connectivity index (χ2n) is 21.6. The molecule has 0 aromatic heterocycles. The van der Waals surface area contributed by atoms with Crippen molar-refractivity contribution < 1.29 is 4.74 Å². The van der Waals surface area contributed by atoms with Gasteiger partial charge in [0, 0.05) is 25.0 Å². The number of rotatable bonds is 19. The van der Waals surface area contributed by atoms with Gasteiger partial charge >= 0.3 is 0 Å². The Morgan fingerprint density at radius 1 is 0.517 bits per heavy atom. The lowest BCUT2D eigenvalue weighted by Gasteiger charge is -2.09. The number of hydrogen-bond acceptors (Lipinski definition) is 3. The molecule has 0 amide bonds. The van der Waals surface area contributed by atoms with Gasteiger partial charge in [0.1, 0.15) is 0 Å². The molecular weight excluding hydrogens is 723 g/mol. The van der Waals surface area contributed by atoms with Crippen molar-refractivity contribution in [2.75, 3.05) is 18.9 Å². The Morgan fingerprint density at radius 2 is 0.983 bits per heavy atom. The van der Waals surface area contributed by atoms with Crippen molar-refractivity contribution in [3.05, 3.63) is 12.2 Å². The van der Waals surface area contributed by atoms with Crippen molar-refractivity contribution in [3.8, 4) is 11.8 Å². The molecule has 0 saturated carbocycles. The fraction of sp³-hybridized carbons (Fsp3) is 0.927. The van der Waals surface area contributed by atoms with Crippen LogP contribution in [0, 0.1) is 76.9 Å². The summed E-state index contributed by atoms with van der Waals surface area (Å²) in [6.07, 6.45) is 12.8. The molecule has 0 aromatic carbocycles. The highest BCUT2D eigenvalue weighted by Gasteiger charge is 1.98. The van der Waals surface area contributed by atoms with Gasteiger partial charge in [-0.2, -0.15) is 11.8 Å². The molecule has 0 spiro atoms. The second-order valence-corrected chi connectivity index (χ2v) is 23.2. The van der Waals surface area contributed by atoms with E-state index in [1.807, 2.05) is 11.8 Å². The highest BCUT2D eigenvalue weighted by atomic mass is 32.2. The van der Waals surface area contributed by atoms with Crippen LogP contribution in [-0.2, 0) is 4.74 Å². The monoisotopic (exact) mass is 842 g/mol. The minimum Gasteiger partial charge on any atom is -0.379 e. The summed E-state index contributed by atoms with van der Waals surface area (Å²) < 4.78 is 5.30. The van der Waals surface area contributed by atoms with Gasteiger partial charge in [0.15, 0.2) is 0 Å². The number of ether oxygens (including phenoxy) is 1. The predicted molar refractivity (Wildman–Crippen MR) is 280 cm³/mol. The van der Waals surface area contributed by atoms with Crippen LogP contribution in [0.1, 0.15) is 232 Å². The van der Waals surface area contributed by atoms with Crippen LogP contribution in [0.4, 0.5) is 0 Å². The van der Waals surface area contributed by atoms with Crippen LogP contribution in [-0.4, -0.2) is 36.3 Å². The van der Waals surface area contributed by atoms with Gasteiger partial charge in [0.25, 0.3) is 0 Å². The predicted octanol–water partition coefficient (Wildman–Crippen LogP) is 18.6. The third kappa shape index (κ3) is 124. The third-order valence-electron chi connectivity index (χ3n) is 7.00. The van der Waals surface area contributed by atoms with E-state index in [1.165, 1.54) is 37.9 Å². The summed E-state index contributed by atoms with van der Waals surface area (Å²) >= 11 is 2.04. The van der Waals surface area contributed by atoms with E-state index in [0.29, 0.717) is 29.9 Å². The van der Waals surface area contributed by atoms with Gasteiger partial charge in [-0.1, -0.05) is 211 Å². The molecule has 0 unspecified atom stereocenters. The lowest BCUT2D eigenvalue weighted by Crippen LogP contribution is -2.26. The van der Waals surface area contributed by atoms with Gasteiger partial charge in [0.2, 0.25) is 0 Å². The molecule has 0 atom stereocenters. The molecule has 0 fully saturated rings. The minimum atomic E-state index is 0.386. The van der Waals surface area contributed by atoms with E-state index < -0.39 is 0 Å². The maximum Gasteiger partial charge on any atom is 0.0518 e. The van der Waals surface area contributed by atoms with Crippen LogP contribution >= 0.6 is 11.8 Å². The molecule has 58 heavy (non-hydrogen) atoms. The topological polar surface area (TPSA) is 21.3 Å². The van der Waals surface area contributed by atoms with Crippen LogP contribution < -0.4 is 5.32 Å². The zero-order valence-electron chi connectivity index (χ0n) is 45.9. The molecule has 2 nitrogen and oxygen atoms in total. The third-order valence-corrected chi connectivity index (χ3v) is 8.52. The molecule has 356 valence electrons. The molecule has 0 aliphatic heterocycles. The van der Waals surface area contributed by atoms with Crippen LogP contribution in [0.25, 0.3) is 0 Å². The fourth-order valence-corrected chi connectivity index (χ4v) is 4.98. The Balaban J connectivity index is -0.000000105. The smallest absolute Gasteiger partial charge is 0.0518 e. The molecule has 0 aliphatic carbocycles. The van der Waals surface area contributed by atoms with E-state index in [2.05, 4.69) is 223 Å². The first-order valence-electron chi connectivity index (χ1n) is 24.5. The van der Waals surface area contributed by atoms with E-state index >= 15 is 0 Å². The van der Waals surface area contributed by atoms with Gasteiger partial charge in [0.05, 0.1) is 6.10 Å². The molecule has 0 rings (SSSR count). The van der Waals surface area contributed by atoms with Crippen molar-refractivity contribution in [1.29, 1.82) is 0 Å². The Kier molecular flexibility index (Phi) is 65.5. The van der Waals surface area contributed by atoms with Crippen LogP contribution in [0.2, 0.25) is 0 Å². The van der Waals surface area contributed by atoms with E-state index in [1.54, 1.807) is 0 Å². The van der Waals surface area contributed by atoms with Crippen LogP contribution in [0.15, 0.2) is 12.2 Å². The number of allylic oxidation sites excluding steroid dienone is 2. The van der Waals surface area contributed by atoms with Crippen molar-refractivity contribution >= 4 is 11.8 Å². The first kappa shape index (κ1) is 72.0. The van der Waals surface area contributed by atoms with Gasteiger partial charge < -0.3 is 10.1 Å². The summed E-state index contributed by atoms with van der Waals surface area (Å²) in [4.78, 5) is 0. The molecule has 1 N–H and O–H groups in total. The van der Waals surface area contributed by atoms with E-state index in [4.69, 9.17) is 4.74 Å². The normalized spacial score (nSPS) is 11.1. The summed E-state index contributed by atoms with van der Waals surface area (Å²) in [6.45, 7) is 64.0. The van der Waals surface area contributed by atoms with Gasteiger partial charge in [-0.05, 0) is 103 Å². The van der Waals surface area contributed by atoms with E-state index in [-0.39, 0.29) is 0 Å². The first-order valence-corrected chi connectivity index (χ1v) is 25.5. The largest absolute Gasteiger partial charge is 0.379 e. The number of thioether (sulfide) groups is 1. The zero-order valence-corrected chi connectivity index (χ0v) is 46.7. The number of nitrogens with one attached hydrogen (secondary N) is 1. The average Bonchev–Trinajstić information content (AvgIpc) is 3.02. The maximum atomic E-state index is 5.30. The SMILES string of the molecule is CC(C)/C=C/CC(C)C.CC(C)C#CCC(C)C.CC(C)CC(C)C.CC(C)CCCC(C)C.CC(C)CNC(C)C.CC(C)COC(C)C.CC(C)CSC(C)C. The van der Waals surface area contributed by atoms with Gasteiger partial charge in [-0.15, -0.1) is 11.8 Å². The molecule has 0 heterocycles. The minimum absolute atomic E-state index is 0.386. The molecule has 0 aromatic rings. The lowest BCUT2D eigenvalue weighted by atomic mass is 10.0. The van der Waals surface area contributed by atoms with Crippen molar-refractivity contribution in [2.45, 2.75) is 250 Å². The summed E-state index contributed by atoms with van der Waals surface area (Å²) in [6, 6.07) is 0.636. The molecule has 0 radical (unpaired) electrons. The Bertz CT molecular complexity index is 727. The average molecular weight is 843 g/mol. The second kappa shape index (κ2) is 52.7. The molecule has 0 bridgehead atoms. The molecular formula is C55H119NOS. The fourth-order valence-electron chi connectivity index (χ4n) is 4.21. The summed E-state index contributed by atoms with van der Waals surface area (Å²) in [5.74, 6) is 16.2. The number of hydrogen-bond donors (Lipinski definition) is 1. The van der Waals surface area contributed by atoms with Crippen LogP contribution in [0.3, 0.4) is 0 Å². The van der Waals surface area contributed by atoms with Crippen molar-refractivity contribution in [1.82, 2.24) is 5.32 Å². The summed E-state index contributed by atoms with van der Waals surface area (Å²) in [5.41, 5.74) is 0. The van der Waals surface area contributed by atoms with Crippen LogP contribution in [0.5, 0.6) is 0 Å². The lowest BCUT2D eigenvalue weighted by molar-refractivity contribution is 0.0593. The van der Waals surface area contributed by atoms with Crippen molar-refractivity contribution in [3.63, 3.8) is 0 Å². The molecule has 0 aliphatic rings. The Labute approximate surface area is 378 Å². The van der Waals surface area contributed by atoms with Crippen molar-refractivity contribution in [2.24, 2.45) is 65.1 Å². The first-order chi connectivity index (χ1) is 26.4. The highest BCUT2D eigenvalue weighted by Crippen LogP contribution is 2.13. The van der Waals surface area contributed by atoms with Gasteiger partial charge in [-0.3, -0.25) is 0 Å². The molecule has 3 heteroatoms. The maximum absolute atomic E-state index is 5.30. The van der Waals surface area contributed by atoms with E-state index in [9.17, 15) is 0 Å².